The third-order valence-corrected chi connectivity index (χ3v) is 4.88. The molecule has 0 heterocycles. The number of hydrogen-bond donors (Lipinski definition) is 1. The number of hydrogen-bond acceptors (Lipinski definition) is 1. The number of rotatable bonds is 4. The second-order valence-electron chi connectivity index (χ2n) is 4.99. The SMILES string of the molecule is CCNC(c1cc(C)ccc1F)c1cccc(C)c1I. The molecule has 1 atom stereocenters. The monoisotopic (exact) mass is 383 g/mol. The van der Waals surface area contributed by atoms with Crippen LogP contribution in [0.15, 0.2) is 36.4 Å². The van der Waals surface area contributed by atoms with Crippen molar-refractivity contribution in [1.82, 2.24) is 5.32 Å². The molecule has 0 aliphatic heterocycles. The molecule has 0 fully saturated rings. The Labute approximate surface area is 133 Å². The Bertz CT molecular complexity index is 608. The largest absolute Gasteiger partial charge is 0.306 e. The molecule has 0 bridgehead atoms. The Kier molecular flexibility index (Phi) is 5.16. The fourth-order valence-electron chi connectivity index (χ4n) is 2.37. The molecule has 3 heteroatoms. The summed E-state index contributed by atoms with van der Waals surface area (Å²) in [5, 5.41) is 3.41. The van der Waals surface area contributed by atoms with E-state index >= 15 is 0 Å². The summed E-state index contributed by atoms with van der Waals surface area (Å²) in [6.07, 6.45) is 0. The van der Waals surface area contributed by atoms with Crippen molar-refractivity contribution in [3.05, 3.63) is 68.0 Å². The standard InChI is InChI=1S/C17H19FIN/c1-4-20-17(13-7-5-6-12(3)16(13)19)14-10-11(2)8-9-15(14)18/h5-10,17,20H,4H2,1-3H3. The molecule has 1 nitrogen and oxygen atoms in total. The van der Waals surface area contributed by atoms with Gasteiger partial charge in [0.05, 0.1) is 6.04 Å². The van der Waals surface area contributed by atoms with Crippen LogP contribution in [-0.4, -0.2) is 6.54 Å². The molecule has 0 saturated carbocycles. The van der Waals surface area contributed by atoms with E-state index in [1.165, 1.54) is 9.13 Å². The van der Waals surface area contributed by atoms with Gasteiger partial charge in [-0.1, -0.05) is 42.8 Å². The average molecular weight is 383 g/mol. The van der Waals surface area contributed by atoms with E-state index in [-0.39, 0.29) is 11.9 Å². The van der Waals surface area contributed by atoms with Gasteiger partial charge in [-0.25, -0.2) is 4.39 Å². The summed E-state index contributed by atoms with van der Waals surface area (Å²) >= 11 is 2.34. The van der Waals surface area contributed by atoms with Gasteiger partial charge in [-0.05, 0) is 60.2 Å². The van der Waals surface area contributed by atoms with Crippen molar-refractivity contribution in [2.75, 3.05) is 6.54 Å². The van der Waals surface area contributed by atoms with Crippen molar-refractivity contribution < 1.29 is 4.39 Å². The van der Waals surface area contributed by atoms with E-state index in [1.807, 2.05) is 32.0 Å². The van der Waals surface area contributed by atoms with E-state index in [4.69, 9.17) is 0 Å². The van der Waals surface area contributed by atoms with Crippen LogP contribution in [0.1, 0.15) is 35.2 Å². The first-order valence-electron chi connectivity index (χ1n) is 6.79. The van der Waals surface area contributed by atoms with Crippen molar-refractivity contribution in [2.24, 2.45) is 0 Å². The van der Waals surface area contributed by atoms with Crippen LogP contribution in [0.4, 0.5) is 4.39 Å². The zero-order valence-electron chi connectivity index (χ0n) is 12.0. The highest BCUT2D eigenvalue weighted by Gasteiger charge is 2.20. The fraction of sp³-hybridized carbons (Fsp3) is 0.294. The van der Waals surface area contributed by atoms with Gasteiger partial charge in [-0.3, -0.25) is 0 Å². The van der Waals surface area contributed by atoms with Gasteiger partial charge in [0, 0.05) is 9.13 Å². The Morgan fingerprint density at radius 1 is 1.15 bits per heavy atom. The third kappa shape index (κ3) is 3.20. The Balaban J connectivity index is 2.56. The van der Waals surface area contributed by atoms with Crippen LogP contribution in [0.5, 0.6) is 0 Å². The van der Waals surface area contributed by atoms with E-state index in [0.717, 1.165) is 23.2 Å². The van der Waals surface area contributed by atoms with Crippen molar-refractivity contribution in [3.63, 3.8) is 0 Å². The Morgan fingerprint density at radius 3 is 2.60 bits per heavy atom. The highest BCUT2D eigenvalue weighted by molar-refractivity contribution is 14.1. The van der Waals surface area contributed by atoms with Gasteiger partial charge in [0.25, 0.3) is 0 Å². The van der Waals surface area contributed by atoms with Gasteiger partial charge in [0.1, 0.15) is 5.82 Å². The van der Waals surface area contributed by atoms with Crippen LogP contribution < -0.4 is 5.32 Å². The van der Waals surface area contributed by atoms with Crippen molar-refractivity contribution in [1.29, 1.82) is 0 Å². The van der Waals surface area contributed by atoms with Crippen LogP contribution in [0.3, 0.4) is 0 Å². The predicted octanol–water partition coefficient (Wildman–Crippen LogP) is 4.75. The molecule has 2 rings (SSSR count). The lowest BCUT2D eigenvalue weighted by Crippen LogP contribution is -2.24. The normalized spacial score (nSPS) is 12.4. The average Bonchev–Trinajstić information content (AvgIpc) is 2.43. The van der Waals surface area contributed by atoms with E-state index < -0.39 is 0 Å². The quantitative estimate of drug-likeness (QED) is 0.752. The molecule has 106 valence electrons. The van der Waals surface area contributed by atoms with Gasteiger partial charge >= 0.3 is 0 Å². The molecule has 0 radical (unpaired) electrons. The molecule has 2 aromatic rings. The maximum Gasteiger partial charge on any atom is 0.128 e. The van der Waals surface area contributed by atoms with Crippen molar-refractivity contribution in [2.45, 2.75) is 26.8 Å². The molecule has 0 aliphatic carbocycles. The molecular formula is C17H19FIN. The lowest BCUT2D eigenvalue weighted by atomic mass is 9.95. The molecule has 0 spiro atoms. The lowest BCUT2D eigenvalue weighted by molar-refractivity contribution is 0.557. The number of benzene rings is 2. The molecule has 2 aromatic carbocycles. The van der Waals surface area contributed by atoms with Crippen LogP contribution >= 0.6 is 22.6 Å². The van der Waals surface area contributed by atoms with Crippen LogP contribution in [0.25, 0.3) is 0 Å². The molecule has 0 saturated heterocycles. The second-order valence-corrected chi connectivity index (χ2v) is 6.07. The molecule has 0 aliphatic rings. The molecule has 1 unspecified atom stereocenters. The Hall–Kier alpha value is -0.940. The summed E-state index contributed by atoms with van der Waals surface area (Å²) in [6.45, 7) is 6.92. The minimum Gasteiger partial charge on any atom is -0.306 e. The minimum atomic E-state index is -0.154. The smallest absolute Gasteiger partial charge is 0.128 e. The van der Waals surface area contributed by atoms with Crippen LogP contribution in [0.2, 0.25) is 0 Å². The molecule has 0 aromatic heterocycles. The van der Waals surface area contributed by atoms with E-state index in [0.29, 0.717) is 0 Å². The van der Waals surface area contributed by atoms with Gasteiger partial charge in [0.2, 0.25) is 0 Å². The fourth-order valence-corrected chi connectivity index (χ4v) is 3.04. The minimum absolute atomic E-state index is 0.105. The first kappa shape index (κ1) is 15.4. The topological polar surface area (TPSA) is 12.0 Å². The lowest BCUT2D eigenvalue weighted by Gasteiger charge is -2.22. The summed E-state index contributed by atoms with van der Waals surface area (Å²) in [7, 11) is 0. The second kappa shape index (κ2) is 6.68. The van der Waals surface area contributed by atoms with Gasteiger partial charge in [0.15, 0.2) is 0 Å². The van der Waals surface area contributed by atoms with Crippen molar-refractivity contribution in [3.8, 4) is 0 Å². The maximum atomic E-state index is 14.2. The maximum absolute atomic E-state index is 14.2. The van der Waals surface area contributed by atoms with Gasteiger partial charge < -0.3 is 5.32 Å². The molecule has 1 N–H and O–H groups in total. The summed E-state index contributed by atoms with van der Waals surface area (Å²) in [5.41, 5.74) is 4.15. The number of nitrogens with one attached hydrogen (secondary N) is 1. The van der Waals surface area contributed by atoms with Crippen LogP contribution in [-0.2, 0) is 0 Å². The zero-order chi connectivity index (χ0) is 14.7. The van der Waals surface area contributed by atoms with E-state index in [1.54, 1.807) is 6.07 Å². The van der Waals surface area contributed by atoms with Gasteiger partial charge in [-0.15, -0.1) is 0 Å². The van der Waals surface area contributed by atoms with Crippen LogP contribution in [0, 0.1) is 23.2 Å². The highest BCUT2D eigenvalue weighted by atomic mass is 127. The first-order chi connectivity index (χ1) is 9.54. The highest BCUT2D eigenvalue weighted by Crippen LogP contribution is 2.30. The summed E-state index contributed by atoms with van der Waals surface area (Å²) in [6, 6.07) is 11.4. The Morgan fingerprint density at radius 2 is 1.90 bits per heavy atom. The third-order valence-electron chi connectivity index (χ3n) is 3.40. The summed E-state index contributed by atoms with van der Waals surface area (Å²) in [4.78, 5) is 0. The molecule has 20 heavy (non-hydrogen) atoms. The zero-order valence-corrected chi connectivity index (χ0v) is 14.2. The summed E-state index contributed by atoms with van der Waals surface area (Å²) < 4.78 is 15.4. The number of aryl methyl sites for hydroxylation is 2. The van der Waals surface area contributed by atoms with E-state index in [9.17, 15) is 4.39 Å². The predicted molar refractivity (Wildman–Crippen MR) is 90.6 cm³/mol. The van der Waals surface area contributed by atoms with Gasteiger partial charge in [-0.2, -0.15) is 0 Å². The summed E-state index contributed by atoms with van der Waals surface area (Å²) in [5.74, 6) is -0.154. The first-order valence-corrected chi connectivity index (χ1v) is 7.87. The molecule has 0 amide bonds. The van der Waals surface area contributed by atoms with E-state index in [2.05, 4.69) is 47.0 Å². The number of halogens is 2. The molecular weight excluding hydrogens is 364 g/mol. The van der Waals surface area contributed by atoms with Crippen molar-refractivity contribution >= 4 is 22.6 Å².